The minimum absolute atomic E-state index is 0.346. The van der Waals surface area contributed by atoms with Crippen LogP contribution in [0.15, 0.2) is 0 Å². The molecular formula is C9H12N4O3S. The van der Waals surface area contributed by atoms with E-state index >= 15 is 0 Å². The van der Waals surface area contributed by atoms with Gasteiger partial charge in [-0.05, 0) is 12.0 Å². The average Bonchev–Trinajstić information content (AvgIpc) is 2.69. The molecule has 92 valence electrons. The van der Waals surface area contributed by atoms with E-state index in [0.29, 0.717) is 36.6 Å². The molecule has 0 aliphatic carbocycles. The van der Waals surface area contributed by atoms with Crippen LogP contribution in [0.25, 0.3) is 0 Å². The first-order valence-corrected chi connectivity index (χ1v) is 5.73. The first-order chi connectivity index (χ1) is 8.19. The average molecular weight is 256 g/mol. The van der Waals surface area contributed by atoms with Gasteiger partial charge in [0.05, 0.1) is 18.8 Å². The molecule has 2 amide bonds. The number of hydrogen-bond acceptors (Lipinski definition) is 6. The summed E-state index contributed by atoms with van der Waals surface area (Å²) in [7, 11) is 0. The molecule has 2 rings (SSSR count). The number of primary amides is 1. The zero-order valence-electron chi connectivity index (χ0n) is 8.93. The lowest BCUT2D eigenvalue weighted by Gasteiger charge is -2.14. The molecule has 1 aliphatic heterocycles. The van der Waals surface area contributed by atoms with Gasteiger partial charge < -0.3 is 10.5 Å². The second-order valence-corrected chi connectivity index (χ2v) is 4.54. The monoisotopic (exact) mass is 256 g/mol. The molecule has 1 aromatic rings. The zero-order valence-corrected chi connectivity index (χ0v) is 9.75. The third kappa shape index (κ3) is 2.03. The minimum atomic E-state index is -0.568. The number of carbonyl (C=O) groups excluding carboxylic acids is 2. The number of nitrogens with two attached hydrogens (primary N) is 2. The summed E-state index contributed by atoms with van der Waals surface area (Å²) in [6.07, 6.45) is 1.10. The van der Waals surface area contributed by atoms with Crippen molar-refractivity contribution in [2.45, 2.75) is 13.0 Å². The van der Waals surface area contributed by atoms with Gasteiger partial charge in [-0.15, -0.1) is 11.3 Å². The maximum atomic E-state index is 11.5. The van der Waals surface area contributed by atoms with Crippen LogP contribution >= 0.6 is 11.3 Å². The Morgan fingerprint density at radius 2 is 2.35 bits per heavy atom. The third-order valence-electron chi connectivity index (χ3n) is 2.51. The maximum absolute atomic E-state index is 11.5. The smallest absolute Gasteiger partial charge is 0.252 e. The standard InChI is InChI=1S/C9H12N4O3S/c10-8(15)7-5-1-2-16-3-6(5)17-9(7)13(4-14)12-11/h4,12H,1-3,11H2,(H2,10,15). The second kappa shape index (κ2) is 4.80. The van der Waals surface area contributed by atoms with Gasteiger partial charge in [0.15, 0.2) is 0 Å². The quantitative estimate of drug-likeness (QED) is 0.373. The molecule has 0 atom stereocenters. The van der Waals surface area contributed by atoms with Crippen molar-refractivity contribution in [2.75, 3.05) is 11.6 Å². The Balaban J connectivity index is 2.54. The van der Waals surface area contributed by atoms with Crippen molar-refractivity contribution < 1.29 is 14.3 Å². The number of thiophene rings is 1. The fraction of sp³-hybridized carbons (Fsp3) is 0.333. The topological polar surface area (TPSA) is 111 Å². The highest BCUT2D eigenvalue weighted by Gasteiger charge is 2.27. The van der Waals surface area contributed by atoms with Gasteiger partial charge in [0.2, 0.25) is 6.41 Å². The van der Waals surface area contributed by atoms with Crippen LogP contribution in [-0.4, -0.2) is 18.9 Å². The molecule has 0 radical (unpaired) electrons. The van der Waals surface area contributed by atoms with E-state index in [0.717, 1.165) is 15.4 Å². The van der Waals surface area contributed by atoms with E-state index in [4.69, 9.17) is 16.3 Å². The molecule has 17 heavy (non-hydrogen) atoms. The van der Waals surface area contributed by atoms with Crippen molar-refractivity contribution in [1.82, 2.24) is 5.53 Å². The number of hydrogen-bond donors (Lipinski definition) is 3. The zero-order chi connectivity index (χ0) is 12.4. The molecule has 0 unspecified atom stereocenters. The van der Waals surface area contributed by atoms with Gasteiger partial charge in [-0.1, -0.05) is 0 Å². The van der Waals surface area contributed by atoms with Crippen LogP contribution in [0, 0.1) is 0 Å². The first kappa shape index (κ1) is 12.0. The molecule has 0 bridgehead atoms. The summed E-state index contributed by atoms with van der Waals surface area (Å²) < 4.78 is 5.29. The molecule has 0 saturated carbocycles. The summed E-state index contributed by atoms with van der Waals surface area (Å²) >= 11 is 1.27. The molecule has 7 nitrogen and oxygen atoms in total. The molecule has 0 spiro atoms. The second-order valence-electron chi connectivity index (χ2n) is 3.46. The first-order valence-electron chi connectivity index (χ1n) is 4.92. The maximum Gasteiger partial charge on any atom is 0.252 e. The Labute approximate surface area is 101 Å². The van der Waals surface area contributed by atoms with E-state index < -0.39 is 5.91 Å². The van der Waals surface area contributed by atoms with Crippen LogP contribution in [0.3, 0.4) is 0 Å². The van der Waals surface area contributed by atoms with Gasteiger partial charge in [0.25, 0.3) is 5.91 Å². The molecule has 1 aliphatic rings. The Bertz CT molecular complexity index is 459. The SMILES string of the molecule is NNN(C=O)c1sc2c(c1C(N)=O)CCOC2. The number of amides is 2. The number of anilines is 1. The van der Waals surface area contributed by atoms with Crippen LogP contribution in [-0.2, 0) is 22.6 Å². The van der Waals surface area contributed by atoms with Gasteiger partial charge >= 0.3 is 0 Å². The molecule has 5 N–H and O–H groups in total. The number of ether oxygens (including phenoxy) is 1. The highest BCUT2D eigenvalue weighted by Crippen LogP contribution is 2.37. The summed E-state index contributed by atoms with van der Waals surface area (Å²) in [6, 6.07) is 0. The van der Waals surface area contributed by atoms with Crippen LogP contribution in [0.5, 0.6) is 0 Å². The number of nitrogens with zero attached hydrogens (tertiary/aromatic N) is 1. The van der Waals surface area contributed by atoms with E-state index in [1.165, 1.54) is 11.3 Å². The minimum Gasteiger partial charge on any atom is -0.376 e. The number of carbonyl (C=O) groups is 2. The number of rotatable bonds is 4. The van der Waals surface area contributed by atoms with Gasteiger partial charge in [0, 0.05) is 4.88 Å². The van der Waals surface area contributed by atoms with Gasteiger partial charge in [-0.25, -0.2) is 5.01 Å². The Kier molecular flexibility index (Phi) is 3.38. The number of fused-ring (bicyclic) bond motifs is 1. The lowest BCUT2D eigenvalue weighted by atomic mass is 10.1. The Morgan fingerprint density at radius 1 is 1.59 bits per heavy atom. The molecule has 8 heteroatoms. The molecule has 2 heterocycles. The fourth-order valence-electron chi connectivity index (χ4n) is 1.78. The molecule has 1 aromatic heterocycles. The van der Waals surface area contributed by atoms with Gasteiger partial charge in [0.1, 0.15) is 5.00 Å². The fourth-order valence-corrected chi connectivity index (χ4v) is 3.00. The van der Waals surface area contributed by atoms with Gasteiger partial charge in [-0.2, -0.15) is 5.53 Å². The van der Waals surface area contributed by atoms with Crippen LogP contribution in [0.4, 0.5) is 5.00 Å². The van der Waals surface area contributed by atoms with E-state index in [-0.39, 0.29) is 0 Å². The molecule has 0 fully saturated rings. The summed E-state index contributed by atoms with van der Waals surface area (Å²) in [4.78, 5) is 23.2. The van der Waals surface area contributed by atoms with Crippen molar-refractivity contribution in [1.29, 1.82) is 0 Å². The highest BCUT2D eigenvalue weighted by atomic mass is 32.1. The molecule has 0 saturated heterocycles. The summed E-state index contributed by atoms with van der Waals surface area (Å²) in [6.45, 7) is 0.970. The van der Waals surface area contributed by atoms with Crippen molar-refractivity contribution in [3.63, 3.8) is 0 Å². The van der Waals surface area contributed by atoms with E-state index in [1.807, 2.05) is 0 Å². The predicted octanol–water partition coefficient (Wildman–Crippen LogP) is -0.739. The van der Waals surface area contributed by atoms with Crippen LogP contribution in [0.1, 0.15) is 20.8 Å². The summed E-state index contributed by atoms with van der Waals surface area (Å²) in [5.74, 6) is 4.64. The Morgan fingerprint density at radius 3 is 2.94 bits per heavy atom. The number of nitrogens with one attached hydrogen (secondary N) is 1. The van der Waals surface area contributed by atoms with E-state index in [2.05, 4.69) is 5.53 Å². The third-order valence-corrected chi connectivity index (χ3v) is 3.72. The van der Waals surface area contributed by atoms with Crippen molar-refractivity contribution >= 4 is 28.7 Å². The highest BCUT2D eigenvalue weighted by molar-refractivity contribution is 7.16. The van der Waals surface area contributed by atoms with Crippen molar-refractivity contribution in [3.05, 3.63) is 16.0 Å². The number of hydrazine groups is 2. The van der Waals surface area contributed by atoms with Crippen molar-refractivity contribution in [3.8, 4) is 0 Å². The van der Waals surface area contributed by atoms with Crippen LogP contribution < -0.4 is 22.1 Å². The van der Waals surface area contributed by atoms with Crippen LogP contribution in [0.2, 0.25) is 0 Å². The predicted molar refractivity (Wildman–Crippen MR) is 62.1 cm³/mol. The lowest BCUT2D eigenvalue weighted by molar-refractivity contribution is -0.108. The molecular weight excluding hydrogens is 244 g/mol. The van der Waals surface area contributed by atoms with Gasteiger partial charge in [-0.3, -0.25) is 15.4 Å². The Hall–Kier alpha value is -1.48. The van der Waals surface area contributed by atoms with E-state index in [1.54, 1.807) is 0 Å². The molecule has 0 aromatic carbocycles. The van der Waals surface area contributed by atoms with Crippen molar-refractivity contribution in [2.24, 2.45) is 11.6 Å². The summed E-state index contributed by atoms with van der Waals surface area (Å²) in [5.41, 5.74) is 8.74. The largest absolute Gasteiger partial charge is 0.376 e. The summed E-state index contributed by atoms with van der Waals surface area (Å²) in [5, 5.41) is 1.44. The lowest BCUT2D eigenvalue weighted by Crippen LogP contribution is -2.42. The normalized spacial score (nSPS) is 14.2. The van der Waals surface area contributed by atoms with E-state index in [9.17, 15) is 9.59 Å².